The molecule has 0 aromatic carbocycles. The first-order valence-electron chi connectivity index (χ1n) is 5.76. The summed E-state index contributed by atoms with van der Waals surface area (Å²) in [5.74, 6) is 1.78. The van der Waals surface area contributed by atoms with E-state index >= 15 is 0 Å². The molecule has 0 fully saturated rings. The molecule has 0 saturated heterocycles. The van der Waals surface area contributed by atoms with E-state index in [9.17, 15) is 4.21 Å². The molecule has 0 heterocycles. The molecule has 2 unspecified atom stereocenters. The largest absolute Gasteiger partial charge is 0.317 e. The summed E-state index contributed by atoms with van der Waals surface area (Å²) in [6.07, 6.45) is 5.67. The van der Waals surface area contributed by atoms with Gasteiger partial charge in [0, 0.05) is 28.3 Å². The van der Waals surface area contributed by atoms with E-state index in [1.54, 1.807) is 0 Å². The summed E-state index contributed by atoms with van der Waals surface area (Å²) < 4.78 is 11.5. The molecule has 0 radical (unpaired) electrons. The summed E-state index contributed by atoms with van der Waals surface area (Å²) in [7, 11) is 1.43. The van der Waals surface area contributed by atoms with Gasteiger partial charge in [-0.2, -0.15) is 0 Å². The highest BCUT2D eigenvalue weighted by atomic mass is 32.2. The van der Waals surface area contributed by atoms with E-state index in [1.165, 1.54) is 0 Å². The van der Waals surface area contributed by atoms with E-state index in [0.717, 1.165) is 43.6 Å². The summed E-state index contributed by atoms with van der Waals surface area (Å²) >= 11 is 0. The Balaban J connectivity index is 3.38. The molecule has 0 aliphatic rings. The van der Waals surface area contributed by atoms with Crippen molar-refractivity contribution in [1.29, 1.82) is 0 Å². The Morgan fingerprint density at radius 1 is 1.21 bits per heavy atom. The van der Waals surface area contributed by atoms with Gasteiger partial charge in [0.15, 0.2) is 0 Å². The second-order valence-electron chi connectivity index (χ2n) is 3.74. The van der Waals surface area contributed by atoms with Gasteiger partial charge in [-0.25, -0.2) is 0 Å². The number of rotatable bonds is 9. The highest BCUT2D eigenvalue weighted by Gasteiger charge is 2.04. The molecule has 0 rings (SSSR count). The third-order valence-electron chi connectivity index (χ3n) is 2.55. The van der Waals surface area contributed by atoms with E-state index in [0.29, 0.717) is 6.04 Å². The molecule has 0 saturated carbocycles. The van der Waals surface area contributed by atoms with Gasteiger partial charge in [-0.3, -0.25) is 4.21 Å². The zero-order valence-electron chi connectivity index (χ0n) is 9.84. The van der Waals surface area contributed by atoms with Crippen LogP contribution in [-0.4, -0.2) is 28.8 Å². The zero-order valence-corrected chi connectivity index (χ0v) is 10.7. The molecular weight excluding hydrogens is 194 g/mol. The highest BCUT2D eigenvalue weighted by molar-refractivity contribution is 7.84. The zero-order chi connectivity index (χ0) is 10.8. The molecule has 2 atom stereocenters. The Labute approximate surface area is 91.3 Å². The quantitative estimate of drug-likeness (QED) is 0.645. The van der Waals surface area contributed by atoms with Gasteiger partial charge in [0.2, 0.25) is 0 Å². The van der Waals surface area contributed by atoms with Crippen molar-refractivity contribution in [2.24, 2.45) is 0 Å². The Bertz CT molecular complexity index is 146. The summed E-state index contributed by atoms with van der Waals surface area (Å²) in [6.45, 7) is 4.33. The van der Waals surface area contributed by atoms with Crippen LogP contribution in [0.15, 0.2) is 0 Å². The van der Waals surface area contributed by atoms with Crippen LogP contribution in [0.4, 0.5) is 0 Å². The van der Waals surface area contributed by atoms with Crippen LogP contribution in [0.2, 0.25) is 0 Å². The van der Waals surface area contributed by atoms with Crippen LogP contribution in [0, 0.1) is 0 Å². The van der Waals surface area contributed by atoms with Gasteiger partial charge in [0.25, 0.3) is 0 Å². The Morgan fingerprint density at radius 2 is 1.86 bits per heavy atom. The number of hydrogen-bond donors (Lipinski definition) is 1. The Kier molecular flexibility index (Phi) is 9.73. The standard InChI is InChI=1S/C11H25NOS/c1-4-6-9-14(13)10-7-8-11(5-2)12-3/h11-12H,4-10H2,1-3H3. The molecule has 2 nitrogen and oxygen atoms in total. The van der Waals surface area contributed by atoms with Gasteiger partial charge in [0.05, 0.1) is 0 Å². The predicted octanol–water partition coefficient (Wildman–Crippen LogP) is 2.31. The molecule has 0 aliphatic carbocycles. The first kappa shape index (κ1) is 14.1. The average molecular weight is 219 g/mol. The fourth-order valence-electron chi connectivity index (χ4n) is 1.45. The first-order valence-corrected chi connectivity index (χ1v) is 7.25. The SMILES string of the molecule is CCCCS(=O)CCCC(CC)NC. The maximum atomic E-state index is 11.5. The predicted molar refractivity (Wildman–Crippen MR) is 65.2 cm³/mol. The summed E-state index contributed by atoms with van der Waals surface area (Å²) in [5, 5.41) is 3.27. The second kappa shape index (κ2) is 9.66. The normalized spacial score (nSPS) is 15.4. The minimum Gasteiger partial charge on any atom is -0.317 e. The van der Waals surface area contributed by atoms with Gasteiger partial charge in [-0.05, 0) is 32.7 Å². The Hall–Kier alpha value is 0.110. The van der Waals surface area contributed by atoms with E-state index in [2.05, 4.69) is 19.2 Å². The number of nitrogens with one attached hydrogen (secondary N) is 1. The maximum absolute atomic E-state index is 11.5. The highest BCUT2D eigenvalue weighted by Crippen LogP contribution is 2.03. The van der Waals surface area contributed by atoms with E-state index in [4.69, 9.17) is 0 Å². The lowest BCUT2D eigenvalue weighted by Gasteiger charge is -2.12. The fourth-order valence-corrected chi connectivity index (χ4v) is 2.75. The molecule has 14 heavy (non-hydrogen) atoms. The second-order valence-corrected chi connectivity index (χ2v) is 5.43. The lowest BCUT2D eigenvalue weighted by atomic mass is 10.1. The molecule has 0 aromatic rings. The van der Waals surface area contributed by atoms with E-state index in [-0.39, 0.29) is 0 Å². The van der Waals surface area contributed by atoms with Gasteiger partial charge in [-0.15, -0.1) is 0 Å². The minimum atomic E-state index is -0.568. The topological polar surface area (TPSA) is 29.1 Å². The monoisotopic (exact) mass is 219 g/mol. The molecule has 0 aliphatic heterocycles. The molecular formula is C11H25NOS. The fraction of sp³-hybridized carbons (Fsp3) is 1.00. The van der Waals surface area contributed by atoms with Crippen molar-refractivity contribution in [2.45, 2.75) is 52.0 Å². The van der Waals surface area contributed by atoms with Gasteiger partial charge < -0.3 is 5.32 Å². The first-order chi connectivity index (χ1) is 6.74. The lowest BCUT2D eigenvalue weighted by Crippen LogP contribution is -2.24. The van der Waals surface area contributed by atoms with E-state index < -0.39 is 10.8 Å². The van der Waals surface area contributed by atoms with Crippen LogP contribution >= 0.6 is 0 Å². The third kappa shape index (κ3) is 7.51. The smallest absolute Gasteiger partial charge is 0.0235 e. The van der Waals surface area contributed by atoms with Crippen molar-refractivity contribution in [3.8, 4) is 0 Å². The molecule has 0 spiro atoms. The Morgan fingerprint density at radius 3 is 2.36 bits per heavy atom. The van der Waals surface area contributed by atoms with Crippen LogP contribution in [0.25, 0.3) is 0 Å². The average Bonchev–Trinajstić information content (AvgIpc) is 2.21. The van der Waals surface area contributed by atoms with Crippen LogP contribution in [-0.2, 0) is 10.8 Å². The number of unbranched alkanes of at least 4 members (excludes halogenated alkanes) is 1. The third-order valence-corrected chi connectivity index (χ3v) is 4.04. The van der Waals surface area contributed by atoms with Crippen LogP contribution < -0.4 is 5.32 Å². The molecule has 3 heteroatoms. The van der Waals surface area contributed by atoms with Crippen LogP contribution in [0.5, 0.6) is 0 Å². The van der Waals surface area contributed by atoms with Crippen molar-refractivity contribution < 1.29 is 4.21 Å². The van der Waals surface area contributed by atoms with Crippen molar-refractivity contribution >= 4 is 10.8 Å². The molecule has 1 N–H and O–H groups in total. The maximum Gasteiger partial charge on any atom is 0.0235 e. The van der Waals surface area contributed by atoms with Crippen LogP contribution in [0.3, 0.4) is 0 Å². The number of hydrogen-bond acceptors (Lipinski definition) is 2. The molecule has 0 amide bonds. The van der Waals surface area contributed by atoms with Crippen molar-refractivity contribution in [3.63, 3.8) is 0 Å². The lowest BCUT2D eigenvalue weighted by molar-refractivity contribution is 0.503. The summed E-state index contributed by atoms with van der Waals surface area (Å²) in [4.78, 5) is 0. The molecule has 0 bridgehead atoms. The summed E-state index contributed by atoms with van der Waals surface area (Å²) in [6, 6.07) is 0.609. The van der Waals surface area contributed by atoms with E-state index in [1.807, 2.05) is 7.05 Å². The van der Waals surface area contributed by atoms with Gasteiger partial charge in [0.1, 0.15) is 0 Å². The van der Waals surface area contributed by atoms with Crippen molar-refractivity contribution in [2.75, 3.05) is 18.6 Å². The minimum absolute atomic E-state index is 0.568. The van der Waals surface area contributed by atoms with Crippen LogP contribution in [0.1, 0.15) is 46.0 Å². The van der Waals surface area contributed by atoms with Gasteiger partial charge in [-0.1, -0.05) is 20.3 Å². The molecule has 0 aromatic heterocycles. The van der Waals surface area contributed by atoms with Crippen molar-refractivity contribution in [1.82, 2.24) is 5.32 Å². The summed E-state index contributed by atoms with van der Waals surface area (Å²) in [5.41, 5.74) is 0. The van der Waals surface area contributed by atoms with Gasteiger partial charge >= 0.3 is 0 Å². The molecule has 86 valence electrons. The van der Waals surface area contributed by atoms with Crippen molar-refractivity contribution in [3.05, 3.63) is 0 Å².